The molecule has 0 saturated heterocycles. The molecular weight excluding hydrogens is 230 g/mol. The minimum Gasteiger partial charge on any atom is -0.464 e. The van der Waals surface area contributed by atoms with Crippen molar-refractivity contribution in [3.63, 3.8) is 0 Å². The Hall–Kier alpha value is -1.52. The van der Waals surface area contributed by atoms with E-state index in [2.05, 4.69) is 16.6 Å². The summed E-state index contributed by atoms with van der Waals surface area (Å²) in [5, 5.41) is 0. The Morgan fingerprint density at radius 2 is 2.17 bits per heavy atom. The molecule has 0 bridgehead atoms. The highest BCUT2D eigenvalue weighted by atomic mass is 16.5. The fourth-order valence-electron chi connectivity index (χ4n) is 2.79. The molecule has 2 N–H and O–H groups in total. The first-order valence-corrected chi connectivity index (χ1v) is 6.55. The van der Waals surface area contributed by atoms with Gasteiger partial charge < -0.3 is 15.0 Å². The molecule has 1 aliphatic rings. The minimum absolute atomic E-state index is 0.222. The van der Waals surface area contributed by atoms with Gasteiger partial charge in [-0.15, -0.1) is 0 Å². The molecule has 100 valence electrons. The van der Waals surface area contributed by atoms with Crippen LogP contribution in [0.5, 0.6) is 0 Å². The Balaban J connectivity index is 2.17. The molecule has 0 radical (unpaired) electrons. The van der Waals surface area contributed by atoms with Gasteiger partial charge in [-0.05, 0) is 25.7 Å². The normalized spacial score (nSPS) is 18.6. The molecule has 2 rings (SSSR count). The van der Waals surface area contributed by atoms with E-state index in [1.54, 1.807) is 6.33 Å². The Labute approximate surface area is 107 Å². The maximum Gasteiger partial charge on any atom is 0.360 e. The topological polar surface area (TPSA) is 70.1 Å². The predicted molar refractivity (Wildman–Crippen MR) is 69.3 cm³/mol. The van der Waals surface area contributed by atoms with E-state index in [1.807, 2.05) is 4.57 Å². The second-order valence-electron chi connectivity index (χ2n) is 5.02. The number of carbonyl (C=O) groups is 1. The summed E-state index contributed by atoms with van der Waals surface area (Å²) in [6.45, 7) is 2.15. The van der Waals surface area contributed by atoms with Gasteiger partial charge in [0.25, 0.3) is 0 Å². The second-order valence-corrected chi connectivity index (χ2v) is 5.02. The van der Waals surface area contributed by atoms with Crippen molar-refractivity contribution in [2.45, 2.75) is 45.1 Å². The monoisotopic (exact) mass is 251 g/mol. The summed E-state index contributed by atoms with van der Waals surface area (Å²) in [4.78, 5) is 15.5. The van der Waals surface area contributed by atoms with Gasteiger partial charge >= 0.3 is 5.97 Å². The predicted octanol–water partition coefficient (Wildman–Crippen LogP) is 2.39. The van der Waals surface area contributed by atoms with Gasteiger partial charge in [-0.25, -0.2) is 9.78 Å². The number of nitrogens with two attached hydrogens (primary N) is 1. The summed E-state index contributed by atoms with van der Waals surface area (Å²) in [6, 6.07) is 0.288. The molecule has 0 amide bonds. The van der Waals surface area contributed by atoms with Gasteiger partial charge in [-0.3, -0.25) is 0 Å². The molecule has 0 aliphatic heterocycles. The lowest BCUT2D eigenvalue weighted by Crippen LogP contribution is -2.20. The summed E-state index contributed by atoms with van der Waals surface area (Å²) < 4.78 is 6.57. The Bertz CT molecular complexity index is 422. The molecule has 1 unspecified atom stereocenters. The fourth-order valence-corrected chi connectivity index (χ4v) is 2.79. The van der Waals surface area contributed by atoms with Gasteiger partial charge in [0, 0.05) is 6.04 Å². The SMILES string of the molecule is COC(=O)c1ncn(C(C)C2CCCCC2)c1N. The zero-order valence-corrected chi connectivity index (χ0v) is 11.1. The number of esters is 1. The van der Waals surface area contributed by atoms with Crippen molar-refractivity contribution in [2.24, 2.45) is 5.92 Å². The van der Waals surface area contributed by atoms with Gasteiger partial charge in [0.05, 0.1) is 13.4 Å². The first-order valence-electron chi connectivity index (χ1n) is 6.55. The summed E-state index contributed by atoms with van der Waals surface area (Å²) in [5.41, 5.74) is 6.21. The standard InChI is InChI=1S/C13H21N3O2/c1-9(10-6-4-3-5-7-10)16-8-15-11(12(16)14)13(17)18-2/h8-10H,3-7,14H2,1-2H3. The summed E-state index contributed by atoms with van der Waals surface area (Å²) >= 11 is 0. The van der Waals surface area contributed by atoms with Crippen LogP contribution in [-0.2, 0) is 4.74 Å². The zero-order valence-electron chi connectivity index (χ0n) is 11.1. The van der Waals surface area contributed by atoms with Crippen molar-refractivity contribution in [3.05, 3.63) is 12.0 Å². The van der Waals surface area contributed by atoms with Crippen LogP contribution in [0.2, 0.25) is 0 Å². The molecule has 5 nitrogen and oxygen atoms in total. The number of rotatable bonds is 3. The highest BCUT2D eigenvalue weighted by Gasteiger charge is 2.25. The quantitative estimate of drug-likeness (QED) is 0.837. The number of nitrogen functional groups attached to an aromatic ring is 1. The van der Waals surface area contributed by atoms with Crippen molar-refractivity contribution in [1.29, 1.82) is 0 Å². The molecule has 1 aromatic heterocycles. The molecule has 1 saturated carbocycles. The highest BCUT2D eigenvalue weighted by molar-refractivity contribution is 5.92. The molecule has 5 heteroatoms. The van der Waals surface area contributed by atoms with Crippen LogP contribution in [0.1, 0.15) is 55.6 Å². The highest BCUT2D eigenvalue weighted by Crippen LogP contribution is 2.34. The molecule has 1 heterocycles. The van der Waals surface area contributed by atoms with Crippen LogP contribution in [-0.4, -0.2) is 22.6 Å². The zero-order chi connectivity index (χ0) is 13.1. The van der Waals surface area contributed by atoms with E-state index >= 15 is 0 Å². The maximum absolute atomic E-state index is 11.5. The van der Waals surface area contributed by atoms with E-state index in [4.69, 9.17) is 5.73 Å². The van der Waals surface area contributed by atoms with Crippen LogP contribution in [0.3, 0.4) is 0 Å². The lowest BCUT2D eigenvalue weighted by molar-refractivity contribution is 0.0596. The van der Waals surface area contributed by atoms with Crippen molar-refractivity contribution in [1.82, 2.24) is 9.55 Å². The first-order chi connectivity index (χ1) is 8.65. The Morgan fingerprint density at radius 1 is 1.50 bits per heavy atom. The van der Waals surface area contributed by atoms with E-state index in [9.17, 15) is 4.79 Å². The summed E-state index contributed by atoms with van der Waals surface area (Å²) in [6.07, 6.45) is 8.01. The average Bonchev–Trinajstić information content (AvgIpc) is 2.80. The number of hydrogen-bond donors (Lipinski definition) is 1. The third-order valence-electron chi connectivity index (χ3n) is 3.98. The van der Waals surface area contributed by atoms with E-state index < -0.39 is 5.97 Å². The van der Waals surface area contributed by atoms with Gasteiger partial charge in [-0.2, -0.15) is 0 Å². The number of anilines is 1. The van der Waals surface area contributed by atoms with Crippen molar-refractivity contribution in [2.75, 3.05) is 12.8 Å². The largest absolute Gasteiger partial charge is 0.464 e. The van der Waals surface area contributed by atoms with Crippen LogP contribution in [0.25, 0.3) is 0 Å². The van der Waals surface area contributed by atoms with Crippen molar-refractivity contribution >= 4 is 11.8 Å². The van der Waals surface area contributed by atoms with Crippen LogP contribution >= 0.6 is 0 Å². The number of nitrogens with zero attached hydrogens (tertiary/aromatic N) is 2. The smallest absolute Gasteiger partial charge is 0.360 e. The molecule has 18 heavy (non-hydrogen) atoms. The number of ether oxygens (including phenoxy) is 1. The number of methoxy groups -OCH3 is 1. The van der Waals surface area contributed by atoms with Crippen LogP contribution < -0.4 is 5.73 Å². The lowest BCUT2D eigenvalue weighted by atomic mass is 9.84. The van der Waals surface area contributed by atoms with E-state index in [1.165, 1.54) is 39.2 Å². The van der Waals surface area contributed by atoms with Crippen LogP contribution in [0, 0.1) is 5.92 Å². The van der Waals surface area contributed by atoms with Crippen LogP contribution in [0.4, 0.5) is 5.82 Å². The third-order valence-corrected chi connectivity index (χ3v) is 3.98. The second kappa shape index (κ2) is 5.42. The fraction of sp³-hybridized carbons (Fsp3) is 0.692. The van der Waals surface area contributed by atoms with Gasteiger partial charge in [0.2, 0.25) is 0 Å². The summed E-state index contributed by atoms with van der Waals surface area (Å²) in [5.74, 6) is 0.572. The van der Waals surface area contributed by atoms with Gasteiger partial charge in [0.15, 0.2) is 5.69 Å². The van der Waals surface area contributed by atoms with Crippen molar-refractivity contribution in [3.8, 4) is 0 Å². The average molecular weight is 251 g/mol. The van der Waals surface area contributed by atoms with Gasteiger partial charge in [0.1, 0.15) is 5.82 Å². The molecule has 1 aromatic rings. The Morgan fingerprint density at radius 3 is 2.78 bits per heavy atom. The van der Waals surface area contributed by atoms with E-state index in [0.717, 1.165) is 0 Å². The Kier molecular flexibility index (Phi) is 3.89. The van der Waals surface area contributed by atoms with Crippen LogP contribution in [0.15, 0.2) is 6.33 Å². The molecule has 0 aromatic carbocycles. The van der Waals surface area contributed by atoms with Gasteiger partial charge in [-0.1, -0.05) is 19.3 Å². The molecule has 0 spiro atoms. The number of hydrogen-bond acceptors (Lipinski definition) is 4. The molecule has 1 aliphatic carbocycles. The number of aromatic nitrogens is 2. The molecular formula is C13H21N3O2. The third kappa shape index (κ3) is 2.35. The summed E-state index contributed by atoms with van der Waals surface area (Å²) in [7, 11) is 1.34. The van der Waals surface area contributed by atoms with E-state index in [0.29, 0.717) is 11.7 Å². The number of imidazole rings is 1. The minimum atomic E-state index is -0.470. The van der Waals surface area contributed by atoms with E-state index in [-0.39, 0.29) is 11.7 Å². The maximum atomic E-state index is 11.5. The van der Waals surface area contributed by atoms with Crippen molar-refractivity contribution < 1.29 is 9.53 Å². The molecule has 1 fully saturated rings. The first kappa shape index (κ1) is 12.9. The lowest BCUT2D eigenvalue weighted by Gasteiger charge is -2.29. The molecule has 1 atom stereocenters. The number of carbonyl (C=O) groups excluding carboxylic acids is 1.